The zero-order chi connectivity index (χ0) is 16.1. The monoisotopic (exact) mass is 300 g/mol. The Morgan fingerprint density at radius 2 is 1.82 bits per heavy atom. The van der Waals surface area contributed by atoms with E-state index >= 15 is 0 Å². The lowest BCUT2D eigenvalue weighted by molar-refractivity contribution is 0.00578. The summed E-state index contributed by atoms with van der Waals surface area (Å²) >= 11 is 0. The van der Waals surface area contributed by atoms with Crippen LogP contribution in [0.5, 0.6) is 0 Å². The third-order valence-corrected chi connectivity index (χ3v) is 4.26. The second-order valence-electron chi connectivity index (χ2n) is 6.74. The predicted molar refractivity (Wildman–Crippen MR) is 88.2 cm³/mol. The molecule has 1 fully saturated rings. The van der Waals surface area contributed by atoms with Crippen molar-refractivity contribution in [3.05, 3.63) is 30.5 Å². The first-order valence-corrected chi connectivity index (χ1v) is 7.37. The number of fused-ring (bicyclic) bond motifs is 1. The maximum absolute atomic E-state index is 6.06. The summed E-state index contributed by atoms with van der Waals surface area (Å²) in [5.41, 5.74) is 2.46. The Morgan fingerprint density at radius 3 is 2.41 bits per heavy atom. The molecule has 6 heteroatoms. The zero-order valence-corrected chi connectivity index (χ0v) is 13.7. The van der Waals surface area contributed by atoms with E-state index in [0.717, 1.165) is 16.7 Å². The zero-order valence-electron chi connectivity index (χ0n) is 13.7. The summed E-state index contributed by atoms with van der Waals surface area (Å²) in [5, 5.41) is 2.97. The minimum absolute atomic E-state index is 0.358. The van der Waals surface area contributed by atoms with Crippen LogP contribution in [0.1, 0.15) is 34.6 Å². The molecule has 0 unspecified atom stereocenters. The number of nitrogens with one attached hydrogen (secondary N) is 1. The van der Waals surface area contributed by atoms with Gasteiger partial charge in [-0.3, -0.25) is 0 Å². The van der Waals surface area contributed by atoms with Crippen molar-refractivity contribution >= 4 is 29.7 Å². The normalized spacial score (nSPS) is 19.6. The number of rotatable bonds is 3. The van der Waals surface area contributed by atoms with E-state index in [0.29, 0.717) is 11.6 Å². The molecule has 0 saturated carbocycles. The van der Waals surface area contributed by atoms with E-state index in [2.05, 4.69) is 16.9 Å². The first-order chi connectivity index (χ1) is 10.2. The molecule has 1 saturated heterocycles. The van der Waals surface area contributed by atoms with Crippen molar-refractivity contribution in [1.82, 2.24) is 4.98 Å². The first kappa shape index (κ1) is 15.1. The Hall–Kier alpha value is -1.79. The minimum Gasteiger partial charge on any atom is -0.423 e. The van der Waals surface area contributed by atoms with E-state index in [-0.39, 0.29) is 11.2 Å². The van der Waals surface area contributed by atoms with Crippen LogP contribution in [0, 0.1) is 0 Å². The van der Waals surface area contributed by atoms with Gasteiger partial charge in [-0.1, -0.05) is 12.6 Å². The molecule has 116 valence electrons. The van der Waals surface area contributed by atoms with Gasteiger partial charge in [-0.2, -0.15) is 4.98 Å². The fourth-order valence-corrected chi connectivity index (χ4v) is 2.31. The molecule has 0 aliphatic carbocycles. The summed E-state index contributed by atoms with van der Waals surface area (Å²) in [6.45, 7) is 13.8. The average Bonchev–Trinajstić information content (AvgIpc) is 2.85. The number of hydrogen-bond donors (Lipinski definition) is 1. The van der Waals surface area contributed by atoms with E-state index in [1.807, 2.05) is 52.8 Å². The number of aromatic nitrogens is 1. The average molecular weight is 300 g/mol. The molecule has 1 aliphatic rings. The topological polar surface area (TPSA) is 56.5 Å². The lowest BCUT2D eigenvalue weighted by Crippen LogP contribution is -2.41. The molecular formula is C16H21BN2O3. The second kappa shape index (κ2) is 4.86. The van der Waals surface area contributed by atoms with Crippen LogP contribution in [0.15, 0.2) is 34.9 Å². The molecule has 2 aromatic rings. The highest BCUT2D eigenvalue weighted by Crippen LogP contribution is 2.36. The molecule has 0 bridgehead atoms. The molecular weight excluding hydrogens is 279 g/mol. The highest BCUT2D eigenvalue weighted by atomic mass is 16.7. The van der Waals surface area contributed by atoms with E-state index in [1.165, 1.54) is 0 Å². The minimum atomic E-state index is -0.399. The van der Waals surface area contributed by atoms with E-state index in [4.69, 9.17) is 13.7 Å². The molecule has 1 aromatic carbocycles. The number of nitrogens with zero attached hydrogens (tertiary/aromatic N) is 1. The smallest absolute Gasteiger partial charge is 0.423 e. The number of benzene rings is 1. The van der Waals surface area contributed by atoms with Gasteiger partial charge in [0.1, 0.15) is 5.52 Å². The van der Waals surface area contributed by atoms with Gasteiger partial charge in [0, 0.05) is 5.70 Å². The maximum atomic E-state index is 6.06. The fourth-order valence-electron chi connectivity index (χ4n) is 2.31. The van der Waals surface area contributed by atoms with Crippen molar-refractivity contribution in [2.45, 2.75) is 45.8 Å². The van der Waals surface area contributed by atoms with Crippen LogP contribution in [0.4, 0.5) is 6.01 Å². The highest BCUT2D eigenvalue weighted by molar-refractivity contribution is 6.62. The van der Waals surface area contributed by atoms with Crippen LogP contribution in [0.3, 0.4) is 0 Å². The summed E-state index contributed by atoms with van der Waals surface area (Å²) in [6.07, 6.45) is 0. The van der Waals surface area contributed by atoms with Gasteiger partial charge in [0.15, 0.2) is 5.58 Å². The van der Waals surface area contributed by atoms with Crippen molar-refractivity contribution in [3.63, 3.8) is 0 Å². The van der Waals surface area contributed by atoms with Crippen LogP contribution in [-0.4, -0.2) is 23.3 Å². The molecule has 3 rings (SSSR count). The van der Waals surface area contributed by atoms with Crippen LogP contribution < -0.4 is 10.8 Å². The molecule has 1 aliphatic heterocycles. The molecule has 5 nitrogen and oxygen atoms in total. The van der Waals surface area contributed by atoms with E-state index < -0.39 is 7.12 Å². The van der Waals surface area contributed by atoms with Crippen molar-refractivity contribution in [1.29, 1.82) is 0 Å². The summed E-state index contributed by atoms with van der Waals surface area (Å²) < 4.78 is 17.7. The molecule has 1 aromatic heterocycles. The van der Waals surface area contributed by atoms with Gasteiger partial charge in [-0.05, 0) is 52.2 Å². The van der Waals surface area contributed by atoms with E-state index in [9.17, 15) is 0 Å². The Morgan fingerprint density at radius 1 is 1.18 bits per heavy atom. The lowest BCUT2D eigenvalue weighted by atomic mass is 9.79. The summed E-state index contributed by atoms with van der Waals surface area (Å²) in [7, 11) is -0.399. The number of anilines is 1. The van der Waals surface area contributed by atoms with Crippen LogP contribution in [-0.2, 0) is 9.31 Å². The molecule has 2 heterocycles. The fraction of sp³-hybridized carbons (Fsp3) is 0.438. The molecule has 0 amide bonds. The van der Waals surface area contributed by atoms with E-state index in [1.54, 1.807) is 0 Å². The first-order valence-electron chi connectivity index (χ1n) is 7.37. The predicted octanol–water partition coefficient (Wildman–Crippen LogP) is 3.07. The standard InChI is InChI=1S/C16H21BN2O3/c1-10(2)18-14-19-12-9-11(7-8-13(12)20-14)17-21-15(3,4)16(5,6)22-17/h7-9H,1H2,2-6H3,(H,18,19). The Labute approximate surface area is 130 Å². The lowest BCUT2D eigenvalue weighted by Gasteiger charge is -2.32. The second-order valence-corrected chi connectivity index (χ2v) is 6.74. The molecule has 0 spiro atoms. The number of oxazole rings is 1. The van der Waals surface area contributed by atoms with Gasteiger partial charge in [0.2, 0.25) is 0 Å². The van der Waals surface area contributed by atoms with Gasteiger partial charge >= 0.3 is 7.12 Å². The number of allylic oxidation sites excluding steroid dienone is 1. The summed E-state index contributed by atoms with van der Waals surface area (Å²) in [6, 6.07) is 6.20. The van der Waals surface area contributed by atoms with Crippen LogP contribution >= 0.6 is 0 Å². The van der Waals surface area contributed by atoms with Gasteiger partial charge in [0.05, 0.1) is 11.2 Å². The van der Waals surface area contributed by atoms with Crippen molar-refractivity contribution in [2.24, 2.45) is 0 Å². The van der Waals surface area contributed by atoms with Gasteiger partial charge in [-0.15, -0.1) is 0 Å². The Kier molecular flexibility index (Phi) is 3.34. The van der Waals surface area contributed by atoms with Crippen molar-refractivity contribution in [2.75, 3.05) is 5.32 Å². The quantitative estimate of drug-likeness (QED) is 0.883. The largest absolute Gasteiger partial charge is 0.494 e. The Balaban J connectivity index is 1.91. The molecule has 22 heavy (non-hydrogen) atoms. The van der Waals surface area contributed by atoms with Crippen molar-refractivity contribution in [3.8, 4) is 0 Å². The van der Waals surface area contributed by atoms with Crippen molar-refractivity contribution < 1.29 is 13.7 Å². The third kappa shape index (κ3) is 2.53. The highest BCUT2D eigenvalue weighted by Gasteiger charge is 2.51. The van der Waals surface area contributed by atoms with Crippen LogP contribution in [0.2, 0.25) is 0 Å². The van der Waals surface area contributed by atoms with Crippen LogP contribution in [0.25, 0.3) is 11.1 Å². The summed E-state index contributed by atoms with van der Waals surface area (Å²) in [4.78, 5) is 4.41. The number of hydrogen-bond acceptors (Lipinski definition) is 5. The third-order valence-electron chi connectivity index (χ3n) is 4.26. The molecule has 0 atom stereocenters. The SMILES string of the molecule is C=C(C)Nc1nc2cc(B3OC(C)(C)C(C)(C)O3)ccc2o1. The Bertz CT molecular complexity index is 720. The van der Waals surface area contributed by atoms with Gasteiger partial charge in [-0.25, -0.2) is 0 Å². The van der Waals surface area contributed by atoms with Gasteiger partial charge in [0.25, 0.3) is 6.01 Å². The molecule has 1 N–H and O–H groups in total. The molecule has 0 radical (unpaired) electrons. The summed E-state index contributed by atoms with van der Waals surface area (Å²) in [5.74, 6) is 0. The van der Waals surface area contributed by atoms with Gasteiger partial charge < -0.3 is 19.0 Å². The maximum Gasteiger partial charge on any atom is 0.494 e.